The van der Waals surface area contributed by atoms with Crippen molar-refractivity contribution in [1.29, 1.82) is 0 Å². The number of sulfonamides is 1. The second-order valence-electron chi connectivity index (χ2n) is 8.81. The lowest BCUT2D eigenvalue weighted by molar-refractivity contribution is 0.0727. The van der Waals surface area contributed by atoms with Gasteiger partial charge in [-0.05, 0) is 48.9 Å². The molecule has 186 valence electrons. The molecule has 0 aliphatic rings. The summed E-state index contributed by atoms with van der Waals surface area (Å²) in [5.74, 6) is 0.328. The number of hydrogen-bond acceptors (Lipinski definition) is 4. The average molecular weight is 511 g/mol. The van der Waals surface area contributed by atoms with Crippen LogP contribution in [0.2, 0.25) is 0 Å². The van der Waals surface area contributed by atoms with E-state index in [1.165, 1.54) is 0 Å². The van der Waals surface area contributed by atoms with Gasteiger partial charge in [0.1, 0.15) is 5.82 Å². The highest BCUT2D eigenvalue weighted by Crippen LogP contribution is 2.24. The van der Waals surface area contributed by atoms with Crippen molar-refractivity contribution in [2.24, 2.45) is 0 Å². The minimum atomic E-state index is -3.89. The van der Waals surface area contributed by atoms with Gasteiger partial charge in [-0.3, -0.25) is 9.52 Å². The number of aryl methyl sites for hydroxylation is 1. The molecule has 0 saturated heterocycles. The summed E-state index contributed by atoms with van der Waals surface area (Å²) in [4.78, 5) is 23.6. The highest BCUT2D eigenvalue weighted by atomic mass is 32.2. The fraction of sp³-hybridized carbons (Fsp3) is 0.103. The van der Waals surface area contributed by atoms with E-state index in [-0.39, 0.29) is 28.6 Å². The molecule has 0 atom stereocenters. The zero-order valence-electron chi connectivity index (χ0n) is 20.3. The van der Waals surface area contributed by atoms with E-state index in [9.17, 15) is 13.2 Å². The quantitative estimate of drug-likeness (QED) is 0.288. The van der Waals surface area contributed by atoms with Gasteiger partial charge in [0.2, 0.25) is 0 Å². The number of nitrogens with one attached hydrogen (secondary N) is 2. The van der Waals surface area contributed by atoms with Crippen LogP contribution in [-0.4, -0.2) is 29.2 Å². The number of hydrogen-bond donors (Lipinski definition) is 2. The molecule has 0 saturated carbocycles. The van der Waals surface area contributed by atoms with Crippen LogP contribution >= 0.6 is 0 Å². The van der Waals surface area contributed by atoms with Gasteiger partial charge >= 0.3 is 0 Å². The van der Waals surface area contributed by atoms with Gasteiger partial charge in [0.15, 0.2) is 0 Å². The second-order valence-corrected chi connectivity index (χ2v) is 10.5. The first-order valence-corrected chi connectivity index (χ1v) is 13.3. The van der Waals surface area contributed by atoms with Crippen LogP contribution in [0.25, 0.3) is 11.0 Å². The maximum Gasteiger partial charge on any atom is 0.261 e. The molecule has 0 radical (unpaired) electrons. The topological polar surface area (TPSA) is 95.2 Å². The number of benzene rings is 4. The number of anilines is 1. The zero-order valence-corrected chi connectivity index (χ0v) is 21.1. The van der Waals surface area contributed by atoms with Crippen LogP contribution in [-0.2, 0) is 23.1 Å². The molecule has 1 heterocycles. The summed E-state index contributed by atoms with van der Waals surface area (Å²) in [6, 6.07) is 30.6. The van der Waals surface area contributed by atoms with Crippen molar-refractivity contribution < 1.29 is 13.2 Å². The molecule has 8 heteroatoms. The Morgan fingerprint density at radius 2 is 1.51 bits per heavy atom. The Kier molecular flexibility index (Phi) is 6.74. The molecule has 5 rings (SSSR count). The van der Waals surface area contributed by atoms with Crippen molar-refractivity contribution in [3.8, 4) is 0 Å². The summed E-state index contributed by atoms with van der Waals surface area (Å²) in [5, 5.41) is 0. The summed E-state index contributed by atoms with van der Waals surface area (Å²) >= 11 is 0. The first kappa shape index (κ1) is 24.3. The van der Waals surface area contributed by atoms with Gasteiger partial charge in [-0.15, -0.1) is 0 Å². The number of H-pyrrole nitrogens is 1. The van der Waals surface area contributed by atoms with E-state index < -0.39 is 10.0 Å². The van der Waals surface area contributed by atoms with Crippen molar-refractivity contribution in [2.75, 3.05) is 4.72 Å². The first-order valence-electron chi connectivity index (χ1n) is 11.8. The Bertz CT molecular complexity index is 1610. The monoisotopic (exact) mass is 510 g/mol. The number of carbonyl (C=O) groups is 1. The van der Waals surface area contributed by atoms with Crippen LogP contribution in [0.4, 0.5) is 5.69 Å². The molecule has 0 aliphatic heterocycles. The van der Waals surface area contributed by atoms with Crippen LogP contribution in [0.1, 0.15) is 27.3 Å². The third kappa shape index (κ3) is 5.54. The van der Waals surface area contributed by atoms with Gasteiger partial charge in [-0.25, -0.2) is 13.4 Å². The van der Waals surface area contributed by atoms with Crippen molar-refractivity contribution in [3.05, 3.63) is 126 Å². The Hall–Kier alpha value is -4.43. The zero-order chi connectivity index (χ0) is 25.8. The van der Waals surface area contributed by atoms with Crippen molar-refractivity contribution in [2.45, 2.75) is 24.9 Å². The molecule has 2 N–H and O–H groups in total. The summed E-state index contributed by atoms with van der Waals surface area (Å²) in [6.07, 6.45) is 0. The van der Waals surface area contributed by atoms with E-state index in [0.717, 1.165) is 22.2 Å². The van der Waals surface area contributed by atoms with E-state index in [0.29, 0.717) is 12.4 Å². The van der Waals surface area contributed by atoms with Crippen LogP contribution in [0, 0.1) is 6.92 Å². The number of nitrogens with zero attached hydrogens (tertiary/aromatic N) is 2. The van der Waals surface area contributed by atoms with Crippen LogP contribution in [0.5, 0.6) is 0 Å². The van der Waals surface area contributed by atoms with E-state index >= 15 is 0 Å². The summed E-state index contributed by atoms with van der Waals surface area (Å²) < 4.78 is 28.8. The number of fused-ring (bicyclic) bond motifs is 1. The minimum absolute atomic E-state index is 0.128. The van der Waals surface area contributed by atoms with E-state index in [4.69, 9.17) is 0 Å². The van der Waals surface area contributed by atoms with Gasteiger partial charge in [0.25, 0.3) is 15.9 Å². The molecule has 1 amide bonds. The third-order valence-corrected chi connectivity index (χ3v) is 7.40. The normalized spacial score (nSPS) is 11.4. The second kappa shape index (κ2) is 10.3. The molecular formula is C29H26N4O3S. The maximum absolute atomic E-state index is 13.9. The highest BCUT2D eigenvalue weighted by molar-refractivity contribution is 7.92. The third-order valence-electron chi connectivity index (χ3n) is 6.02. The molecule has 7 nitrogen and oxygen atoms in total. The SMILES string of the molecule is Cc1ccc(S(=O)(=O)Nc2ccccc2C(=O)N(Cc2ccccc2)Cc2nc3ccccc3[nH]2)cc1. The minimum Gasteiger partial charge on any atom is -0.340 e. The molecule has 37 heavy (non-hydrogen) atoms. The predicted molar refractivity (Wildman–Crippen MR) is 145 cm³/mol. The molecule has 0 bridgehead atoms. The number of carbonyl (C=O) groups excluding carboxylic acids is 1. The maximum atomic E-state index is 13.9. The lowest BCUT2D eigenvalue weighted by Crippen LogP contribution is -2.31. The van der Waals surface area contributed by atoms with Gasteiger partial charge in [-0.2, -0.15) is 0 Å². The molecule has 5 aromatic rings. The summed E-state index contributed by atoms with van der Waals surface area (Å²) in [5.41, 5.74) is 4.08. The Labute approximate surface area is 215 Å². The Morgan fingerprint density at radius 1 is 0.838 bits per heavy atom. The van der Waals surface area contributed by atoms with Crippen molar-refractivity contribution in [1.82, 2.24) is 14.9 Å². The standard InChI is InChI=1S/C29H26N4O3S/c1-21-15-17-23(18-16-21)37(35,36)32-25-12-6-5-11-24(25)29(34)33(19-22-9-3-2-4-10-22)20-28-30-26-13-7-8-14-27(26)31-28/h2-18,32H,19-20H2,1H3,(H,30,31). The number of aromatic nitrogens is 2. The molecule has 0 aliphatic carbocycles. The summed E-state index contributed by atoms with van der Waals surface area (Å²) in [6.45, 7) is 2.44. The van der Waals surface area contributed by atoms with E-state index in [1.54, 1.807) is 53.4 Å². The van der Waals surface area contributed by atoms with Gasteiger partial charge < -0.3 is 9.88 Å². The molecule has 0 spiro atoms. The van der Waals surface area contributed by atoms with Crippen molar-refractivity contribution in [3.63, 3.8) is 0 Å². The predicted octanol–water partition coefficient (Wildman–Crippen LogP) is 5.51. The Morgan fingerprint density at radius 3 is 2.27 bits per heavy atom. The lowest BCUT2D eigenvalue weighted by atomic mass is 10.1. The number of aromatic amines is 1. The molecule has 0 unspecified atom stereocenters. The van der Waals surface area contributed by atoms with E-state index in [1.807, 2.05) is 61.5 Å². The van der Waals surface area contributed by atoms with Gasteiger partial charge in [-0.1, -0.05) is 72.3 Å². The molecular weight excluding hydrogens is 484 g/mol. The van der Waals surface area contributed by atoms with Gasteiger partial charge in [0.05, 0.1) is 33.7 Å². The molecule has 1 aromatic heterocycles. The van der Waals surface area contributed by atoms with Crippen LogP contribution < -0.4 is 4.72 Å². The fourth-order valence-electron chi connectivity index (χ4n) is 4.11. The van der Waals surface area contributed by atoms with Crippen molar-refractivity contribution >= 4 is 32.7 Å². The highest BCUT2D eigenvalue weighted by Gasteiger charge is 2.23. The smallest absolute Gasteiger partial charge is 0.261 e. The number of rotatable bonds is 8. The largest absolute Gasteiger partial charge is 0.340 e. The summed E-state index contributed by atoms with van der Waals surface area (Å²) in [7, 11) is -3.89. The van der Waals surface area contributed by atoms with Gasteiger partial charge in [0, 0.05) is 6.54 Å². The van der Waals surface area contributed by atoms with E-state index in [2.05, 4.69) is 14.7 Å². The first-order chi connectivity index (χ1) is 17.9. The fourth-order valence-corrected chi connectivity index (χ4v) is 5.19. The lowest BCUT2D eigenvalue weighted by Gasteiger charge is -2.23. The number of para-hydroxylation sites is 3. The average Bonchev–Trinajstić information content (AvgIpc) is 3.31. The van der Waals surface area contributed by atoms with Crippen LogP contribution in [0.3, 0.4) is 0 Å². The molecule has 0 fully saturated rings. The molecule has 4 aromatic carbocycles. The number of amides is 1. The Balaban J connectivity index is 1.48. The van der Waals surface area contributed by atoms with Crippen LogP contribution in [0.15, 0.2) is 108 Å². The number of imidazole rings is 1.